The van der Waals surface area contributed by atoms with Gasteiger partial charge in [0.25, 0.3) is 0 Å². The summed E-state index contributed by atoms with van der Waals surface area (Å²) in [5, 5.41) is 3.51. The second-order valence-corrected chi connectivity index (χ2v) is 5.96. The summed E-state index contributed by atoms with van der Waals surface area (Å²) in [4.78, 5) is 14.0. The highest BCUT2D eigenvalue weighted by Gasteiger charge is 2.29. The van der Waals surface area contributed by atoms with Gasteiger partial charge in [-0.2, -0.15) is 0 Å². The quantitative estimate of drug-likeness (QED) is 0.807. The number of anilines is 2. The van der Waals surface area contributed by atoms with Gasteiger partial charge in [0, 0.05) is 24.3 Å². The summed E-state index contributed by atoms with van der Waals surface area (Å²) in [5.74, 6) is -0.160. The van der Waals surface area contributed by atoms with Crippen molar-refractivity contribution >= 4 is 28.9 Å². The van der Waals surface area contributed by atoms with Crippen LogP contribution in [0.25, 0.3) is 0 Å². The Morgan fingerprint density at radius 3 is 2.43 bits per heavy atom. The number of hydrogen-bond acceptors (Lipinski definition) is 3. The van der Waals surface area contributed by atoms with Crippen molar-refractivity contribution in [1.82, 2.24) is 0 Å². The molecule has 1 aromatic carbocycles. The largest absolute Gasteiger partial charge is 0.370 e. The predicted molar refractivity (Wildman–Crippen MR) is 89.0 cm³/mol. The van der Waals surface area contributed by atoms with Gasteiger partial charge in [0.1, 0.15) is 6.04 Å². The fourth-order valence-corrected chi connectivity index (χ4v) is 2.88. The average molecular weight is 310 g/mol. The lowest BCUT2D eigenvalue weighted by Gasteiger charge is -2.26. The number of amides is 1. The molecule has 4 nitrogen and oxygen atoms in total. The molecule has 0 aromatic heterocycles. The number of halogens is 1. The van der Waals surface area contributed by atoms with E-state index in [0.29, 0.717) is 5.02 Å². The normalized spacial score (nSPS) is 16.8. The zero-order valence-corrected chi connectivity index (χ0v) is 13.5. The molecular formula is C16H24ClN3O. The molecule has 1 aliphatic rings. The molecule has 1 atom stereocenters. The highest BCUT2D eigenvalue weighted by molar-refractivity contribution is 6.33. The predicted octanol–water partition coefficient (Wildman–Crippen LogP) is 3.70. The first-order valence-corrected chi connectivity index (χ1v) is 8.11. The van der Waals surface area contributed by atoms with Gasteiger partial charge in [-0.1, -0.05) is 38.3 Å². The lowest BCUT2D eigenvalue weighted by Crippen LogP contribution is -2.26. The van der Waals surface area contributed by atoms with E-state index >= 15 is 0 Å². The lowest BCUT2D eigenvalue weighted by atomic mass is 10.1. The van der Waals surface area contributed by atoms with Crippen LogP contribution in [0.3, 0.4) is 0 Å². The van der Waals surface area contributed by atoms with Crippen LogP contribution in [-0.2, 0) is 4.79 Å². The standard InChI is InChI=1S/C16H24ClN3O/c1-3-5-7-20(8-6-4-2)14-10-13-11(9-12(14)17)15(18)16(21)19-13/h9-10,15H,3-8,18H2,1-2H3,(H,19,21). The summed E-state index contributed by atoms with van der Waals surface area (Å²) in [6.45, 7) is 6.33. The van der Waals surface area contributed by atoms with Crippen molar-refractivity contribution in [1.29, 1.82) is 0 Å². The van der Waals surface area contributed by atoms with Crippen LogP contribution in [0.2, 0.25) is 5.02 Å². The summed E-state index contributed by atoms with van der Waals surface area (Å²) >= 11 is 6.44. The molecule has 0 fully saturated rings. The Hall–Kier alpha value is -1.26. The van der Waals surface area contributed by atoms with E-state index in [1.54, 1.807) is 0 Å². The minimum Gasteiger partial charge on any atom is -0.370 e. The SMILES string of the molecule is CCCCN(CCCC)c1cc2c(cc1Cl)C(N)C(=O)N2. The maximum atomic E-state index is 11.7. The van der Waals surface area contributed by atoms with Crippen LogP contribution in [0.4, 0.5) is 11.4 Å². The molecule has 21 heavy (non-hydrogen) atoms. The molecule has 0 bridgehead atoms. The minimum atomic E-state index is -0.605. The number of hydrogen-bond donors (Lipinski definition) is 2. The van der Waals surface area contributed by atoms with E-state index in [0.717, 1.165) is 55.7 Å². The monoisotopic (exact) mass is 309 g/mol. The van der Waals surface area contributed by atoms with Crippen LogP contribution < -0.4 is 16.0 Å². The molecule has 116 valence electrons. The molecular weight excluding hydrogens is 286 g/mol. The third-order valence-corrected chi connectivity index (χ3v) is 4.20. The zero-order valence-electron chi connectivity index (χ0n) is 12.8. The maximum Gasteiger partial charge on any atom is 0.245 e. The third-order valence-electron chi connectivity index (χ3n) is 3.90. The molecule has 1 amide bonds. The summed E-state index contributed by atoms with van der Waals surface area (Å²) in [6.07, 6.45) is 4.55. The molecule has 0 saturated carbocycles. The Balaban J connectivity index is 2.28. The highest BCUT2D eigenvalue weighted by Crippen LogP contribution is 2.38. The summed E-state index contributed by atoms with van der Waals surface area (Å²) in [6, 6.07) is 3.19. The molecule has 2 rings (SSSR count). The zero-order chi connectivity index (χ0) is 15.4. The van der Waals surface area contributed by atoms with Crippen LogP contribution >= 0.6 is 11.6 Å². The van der Waals surface area contributed by atoms with Crippen molar-refractivity contribution in [2.45, 2.75) is 45.6 Å². The summed E-state index contributed by atoms with van der Waals surface area (Å²) in [5.41, 5.74) is 8.44. The van der Waals surface area contributed by atoms with E-state index in [4.69, 9.17) is 17.3 Å². The van der Waals surface area contributed by atoms with Crippen LogP contribution in [0.1, 0.15) is 51.1 Å². The van der Waals surface area contributed by atoms with Gasteiger partial charge in [0.05, 0.1) is 10.7 Å². The van der Waals surface area contributed by atoms with Crippen LogP contribution in [0.5, 0.6) is 0 Å². The molecule has 1 aromatic rings. The molecule has 0 aliphatic carbocycles. The second kappa shape index (κ2) is 7.14. The van der Waals surface area contributed by atoms with Crippen molar-refractivity contribution in [3.8, 4) is 0 Å². The molecule has 1 unspecified atom stereocenters. The number of fused-ring (bicyclic) bond motifs is 1. The number of unbranched alkanes of at least 4 members (excludes halogenated alkanes) is 2. The fourth-order valence-electron chi connectivity index (χ4n) is 2.59. The van der Waals surface area contributed by atoms with E-state index in [9.17, 15) is 4.79 Å². The van der Waals surface area contributed by atoms with E-state index in [1.807, 2.05) is 12.1 Å². The average Bonchev–Trinajstić information content (AvgIpc) is 2.74. The Morgan fingerprint density at radius 1 is 1.24 bits per heavy atom. The van der Waals surface area contributed by atoms with Gasteiger partial charge in [-0.15, -0.1) is 0 Å². The number of nitrogens with zero attached hydrogens (tertiary/aromatic N) is 1. The van der Waals surface area contributed by atoms with Gasteiger partial charge < -0.3 is 16.0 Å². The molecule has 0 saturated heterocycles. The number of carbonyl (C=O) groups excluding carboxylic acids is 1. The number of nitrogens with two attached hydrogens (primary N) is 1. The van der Waals surface area contributed by atoms with Crippen LogP contribution in [0, 0.1) is 0 Å². The van der Waals surface area contributed by atoms with E-state index < -0.39 is 6.04 Å². The van der Waals surface area contributed by atoms with Crippen molar-refractivity contribution in [3.05, 3.63) is 22.7 Å². The number of nitrogens with one attached hydrogen (secondary N) is 1. The molecule has 5 heteroatoms. The first kappa shape index (κ1) is 16.1. The van der Waals surface area contributed by atoms with E-state index in [-0.39, 0.29) is 5.91 Å². The Kier molecular flexibility index (Phi) is 5.48. The third kappa shape index (κ3) is 3.50. The maximum absolute atomic E-state index is 11.7. The Bertz CT molecular complexity index is 510. The van der Waals surface area contributed by atoms with E-state index in [2.05, 4.69) is 24.1 Å². The van der Waals surface area contributed by atoms with Crippen molar-refractivity contribution in [3.63, 3.8) is 0 Å². The molecule has 1 aliphatic heterocycles. The second-order valence-electron chi connectivity index (χ2n) is 5.55. The molecule has 3 N–H and O–H groups in total. The first-order valence-electron chi connectivity index (χ1n) is 7.73. The van der Waals surface area contributed by atoms with Crippen molar-refractivity contribution in [2.24, 2.45) is 5.73 Å². The van der Waals surface area contributed by atoms with Gasteiger partial charge in [0.2, 0.25) is 5.91 Å². The summed E-state index contributed by atoms with van der Waals surface area (Å²) in [7, 11) is 0. The Morgan fingerprint density at radius 2 is 1.86 bits per heavy atom. The highest BCUT2D eigenvalue weighted by atomic mass is 35.5. The topological polar surface area (TPSA) is 58.4 Å². The fraction of sp³-hybridized carbons (Fsp3) is 0.562. The number of carbonyl (C=O) groups is 1. The summed E-state index contributed by atoms with van der Waals surface area (Å²) < 4.78 is 0. The van der Waals surface area contributed by atoms with E-state index in [1.165, 1.54) is 0 Å². The van der Waals surface area contributed by atoms with Crippen molar-refractivity contribution < 1.29 is 4.79 Å². The van der Waals surface area contributed by atoms with Gasteiger partial charge in [-0.3, -0.25) is 4.79 Å². The molecule has 1 heterocycles. The molecule has 0 spiro atoms. The minimum absolute atomic E-state index is 0.160. The van der Waals surface area contributed by atoms with Crippen LogP contribution in [0.15, 0.2) is 12.1 Å². The molecule has 0 radical (unpaired) electrons. The lowest BCUT2D eigenvalue weighted by molar-refractivity contribution is -0.116. The van der Waals surface area contributed by atoms with Gasteiger partial charge in [-0.25, -0.2) is 0 Å². The Labute approximate surface area is 131 Å². The first-order chi connectivity index (χ1) is 10.1. The van der Waals surface area contributed by atoms with Crippen molar-refractivity contribution in [2.75, 3.05) is 23.3 Å². The van der Waals surface area contributed by atoms with Gasteiger partial charge in [0.15, 0.2) is 0 Å². The number of rotatable bonds is 7. The van der Waals surface area contributed by atoms with Gasteiger partial charge in [-0.05, 0) is 25.0 Å². The van der Waals surface area contributed by atoms with Gasteiger partial charge >= 0.3 is 0 Å². The number of benzene rings is 1. The van der Waals surface area contributed by atoms with Crippen LogP contribution in [-0.4, -0.2) is 19.0 Å². The smallest absolute Gasteiger partial charge is 0.245 e.